The average Bonchev–Trinajstić information content (AvgIpc) is 2.05. The summed E-state index contributed by atoms with van der Waals surface area (Å²) in [6.45, 7) is 5.09. The Morgan fingerprint density at radius 2 is 2.25 bits per heavy atom. The van der Waals surface area contributed by atoms with Gasteiger partial charge < -0.3 is 10.6 Å². The second-order valence-corrected chi connectivity index (χ2v) is 3.69. The van der Waals surface area contributed by atoms with Crippen LogP contribution in [0.2, 0.25) is 0 Å². The zero-order valence-corrected chi connectivity index (χ0v) is 7.92. The molecule has 0 saturated carbocycles. The number of amides is 2. The van der Waals surface area contributed by atoms with Crippen molar-refractivity contribution in [3.05, 3.63) is 0 Å². The molecule has 1 heterocycles. The molecular formula is C9H18N2O. The number of likely N-dealkylation sites (tertiary alicyclic amines) is 1. The second-order valence-electron chi connectivity index (χ2n) is 3.69. The van der Waals surface area contributed by atoms with E-state index in [1.165, 1.54) is 6.42 Å². The second kappa shape index (κ2) is 3.78. The minimum absolute atomic E-state index is 0.263. The fourth-order valence-electron chi connectivity index (χ4n) is 1.82. The smallest absolute Gasteiger partial charge is 0.315 e. The Hall–Kier alpha value is -0.730. The lowest BCUT2D eigenvalue weighted by Crippen LogP contribution is -2.47. The molecule has 1 aliphatic rings. The van der Waals surface area contributed by atoms with Crippen molar-refractivity contribution in [3.8, 4) is 0 Å². The number of urea groups is 1. The highest BCUT2D eigenvalue weighted by Crippen LogP contribution is 2.23. The Morgan fingerprint density at radius 3 is 2.75 bits per heavy atom. The standard InChI is InChI=1S/C9H18N2O/c1-3-8-5-4-7(2)11(6-8)9(10)12/h7-8H,3-6H2,1-2H3,(H2,10,12)/t7-,8+/m0/s1. The number of nitrogens with zero attached hydrogens (tertiary/aromatic N) is 1. The van der Waals surface area contributed by atoms with E-state index < -0.39 is 0 Å². The van der Waals surface area contributed by atoms with Gasteiger partial charge in [-0.25, -0.2) is 4.79 Å². The highest BCUT2D eigenvalue weighted by molar-refractivity contribution is 5.72. The third kappa shape index (κ3) is 1.90. The molecule has 0 aromatic rings. The molecule has 2 N–H and O–H groups in total. The van der Waals surface area contributed by atoms with Crippen molar-refractivity contribution in [1.82, 2.24) is 4.90 Å². The van der Waals surface area contributed by atoms with E-state index in [1.54, 1.807) is 4.90 Å². The van der Waals surface area contributed by atoms with Crippen LogP contribution in [0.1, 0.15) is 33.1 Å². The summed E-state index contributed by atoms with van der Waals surface area (Å²) in [6.07, 6.45) is 3.49. The first kappa shape index (κ1) is 9.36. The van der Waals surface area contributed by atoms with Crippen LogP contribution in [0.5, 0.6) is 0 Å². The molecule has 0 aromatic carbocycles. The summed E-state index contributed by atoms with van der Waals surface area (Å²) < 4.78 is 0. The summed E-state index contributed by atoms with van der Waals surface area (Å²) in [4.78, 5) is 12.8. The molecule has 2 amide bonds. The molecule has 0 aliphatic carbocycles. The Labute approximate surface area is 73.9 Å². The van der Waals surface area contributed by atoms with E-state index in [2.05, 4.69) is 13.8 Å². The van der Waals surface area contributed by atoms with Crippen LogP contribution in [0, 0.1) is 5.92 Å². The third-order valence-corrected chi connectivity index (χ3v) is 2.84. The van der Waals surface area contributed by atoms with Crippen LogP contribution in [-0.4, -0.2) is 23.5 Å². The Kier molecular flexibility index (Phi) is 2.95. The van der Waals surface area contributed by atoms with Crippen molar-refractivity contribution >= 4 is 6.03 Å². The van der Waals surface area contributed by atoms with Gasteiger partial charge in [0, 0.05) is 12.6 Å². The largest absolute Gasteiger partial charge is 0.351 e. The summed E-state index contributed by atoms with van der Waals surface area (Å²) in [5, 5.41) is 0. The van der Waals surface area contributed by atoms with Crippen molar-refractivity contribution < 1.29 is 4.79 Å². The molecule has 1 rings (SSSR count). The van der Waals surface area contributed by atoms with E-state index in [0.717, 1.165) is 19.4 Å². The highest BCUT2D eigenvalue weighted by atomic mass is 16.2. The lowest BCUT2D eigenvalue weighted by molar-refractivity contribution is 0.137. The summed E-state index contributed by atoms with van der Waals surface area (Å²) in [7, 11) is 0. The molecule has 0 bridgehead atoms. The third-order valence-electron chi connectivity index (χ3n) is 2.84. The molecule has 2 atom stereocenters. The summed E-state index contributed by atoms with van der Waals surface area (Å²) in [5.74, 6) is 0.661. The fraction of sp³-hybridized carbons (Fsp3) is 0.889. The zero-order valence-electron chi connectivity index (χ0n) is 7.92. The molecule has 3 heteroatoms. The van der Waals surface area contributed by atoms with Gasteiger partial charge in [0.15, 0.2) is 0 Å². The van der Waals surface area contributed by atoms with Gasteiger partial charge in [-0.15, -0.1) is 0 Å². The quantitative estimate of drug-likeness (QED) is 0.638. The first-order valence-corrected chi connectivity index (χ1v) is 4.71. The molecule has 0 spiro atoms. The van der Waals surface area contributed by atoms with Crippen molar-refractivity contribution in [2.24, 2.45) is 11.7 Å². The average molecular weight is 170 g/mol. The zero-order chi connectivity index (χ0) is 9.14. The number of piperidine rings is 1. The minimum Gasteiger partial charge on any atom is -0.351 e. The van der Waals surface area contributed by atoms with Crippen molar-refractivity contribution in [2.45, 2.75) is 39.2 Å². The van der Waals surface area contributed by atoms with Crippen LogP contribution in [0.4, 0.5) is 4.79 Å². The van der Waals surface area contributed by atoms with Crippen LogP contribution in [0.15, 0.2) is 0 Å². The van der Waals surface area contributed by atoms with Gasteiger partial charge in [-0.2, -0.15) is 0 Å². The van der Waals surface area contributed by atoms with E-state index in [4.69, 9.17) is 5.73 Å². The fourth-order valence-corrected chi connectivity index (χ4v) is 1.82. The van der Waals surface area contributed by atoms with Gasteiger partial charge in [-0.05, 0) is 25.7 Å². The number of carbonyl (C=O) groups is 1. The van der Waals surface area contributed by atoms with Crippen LogP contribution < -0.4 is 5.73 Å². The molecule has 1 fully saturated rings. The van der Waals surface area contributed by atoms with Crippen molar-refractivity contribution in [3.63, 3.8) is 0 Å². The lowest BCUT2D eigenvalue weighted by Gasteiger charge is -2.36. The number of hydrogen-bond donors (Lipinski definition) is 1. The minimum atomic E-state index is -0.263. The maximum atomic E-state index is 11.0. The van der Waals surface area contributed by atoms with Gasteiger partial charge in [0.05, 0.1) is 0 Å². The number of carbonyl (C=O) groups excluding carboxylic acids is 1. The first-order valence-electron chi connectivity index (χ1n) is 4.71. The van der Waals surface area contributed by atoms with Gasteiger partial charge in [-0.3, -0.25) is 0 Å². The number of rotatable bonds is 1. The van der Waals surface area contributed by atoms with Crippen LogP contribution in [0.3, 0.4) is 0 Å². The predicted octanol–water partition coefficient (Wildman–Crippen LogP) is 1.58. The van der Waals surface area contributed by atoms with Gasteiger partial charge in [-0.1, -0.05) is 13.3 Å². The molecular weight excluding hydrogens is 152 g/mol. The molecule has 1 aliphatic heterocycles. The SMILES string of the molecule is CC[C@@H]1CC[C@H](C)N(C(N)=O)C1. The highest BCUT2D eigenvalue weighted by Gasteiger charge is 2.26. The number of primary amides is 1. The Bertz CT molecular complexity index is 170. The molecule has 0 radical (unpaired) electrons. The van der Waals surface area contributed by atoms with E-state index in [9.17, 15) is 4.79 Å². The van der Waals surface area contributed by atoms with E-state index >= 15 is 0 Å². The number of hydrogen-bond acceptors (Lipinski definition) is 1. The topological polar surface area (TPSA) is 46.3 Å². The predicted molar refractivity (Wildman–Crippen MR) is 48.8 cm³/mol. The lowest BCUT2D eigenvalue weighted by atomic mass is 9.92. The molecule has 12 heavy (non-hydrogen) atoms. The Balaban J connectivity index is 2.53. The molecule has 0 unspecified atom stereocenters. The van der Waals surface area contributed by atoms with E-state index in [-0.39, 0.29) is 6.03 Å². The van der Waals surface area contributed by atoms with Crippen molar-refractivity contribution in [2.75, 3.05) is 6.54 Å². The molecule has 0 aromatic heterocycles. The maximum absolute atomic E-state index is 11.0. The summed E-state index contributed by atoms with van der Waals surface area (Å²) in [6, 6.07) is 0.0750. The summed E-state index contributed by atoms with van der Waals surface area (Å²) in [5.41, 5.74) is 5.26. The van der Waals surface area contributed by atoms with Gasteiger partial charge in [0.1, 0.15) is 0 Å². The van der Waals surface area contributed by atoms with Crippen LogP contribution >= 0.6 is 0 Å². The van der Waals surface area contributed by atoms with Gasteiger partial charge >= 0.3 is 6.03 Å². The molecule has 1 saturated heterocycles. The van der Waals surface area contributed by atoms with Crippen molar-refractivity contribution in [1.29, 1.82) is 0 Å². The first-order chi connectivity index (χ1) is 5.65. The molecule has 70 valence electrons. The van der Waals surface area contributed by atoms with Gasteiger partial charge in [0.2, 0.25) is 0 Å². The maximum Gasteiger partial charge on any atom is 0.315 e. The monoisotopic (exact) mass is 170 g/mol. The van der Waals surface area contributed by atoms with E-state index in [0.29, 0.717) is 12.0 Å². The molecule has 3 nitrogen and oxygen atoms in total. The Morgan fingerprint density at radius 1 is 1.58 bits per heavy atom. The summed E-state index contributed by atoms with van der Waals surface area (Å²) >= 11 is 0. The number of nitrogens with two attached hydrogens (primary N) is 1. The van der Waals surface area contributed by atoms with E-state index in [1.807, 2.05) is 0 Å². The van der Waals surface area contributed by atoms with Crippen LogP contribution in [-0.2, 0) is 0 Å². The van der Waals surface area contributed by atoms with Crippen LogP contribution in [0.25, 0.3) is 0 Å². The van der Waals surface area contributed by atoms with Gasteiger partial charge in [0.25, 0.3) is 0 Å². The normalized spacial score (nSPS) is 30.3.